The van der Waals surface area contributed by atoms with E-state index in [9.17, 15) is 14.5 Å². The lowest BCUT2D eigenvalue weighted by Gasteiger charge is -2.11. The summed E-state index contributed by atoms with van der Waals surface area (Å²) < 4.78 is 13.3. The highest BCUT2D eigenvalue weighted by molar-refractivity contribution is 6.31. The topological polar surface area (TPSA) is 55.2 Å². The molecule has 0 aliphatic heterocycles. The molecule has 0 spiro atoms. The van der Waals surface area contributed by atoms with Crippen LogP contribution in [0, 0.1) is 15.9 Å². The second-order valence-electron chi connectivity index (χ2n) is 4.52. The minimum absolute atomic E-state index is 0.146. The lowest BCUT2D eigenvalue weighted by atomic mass is 10.1. The van der Waals surface area contributed by atoms with Gasteiger partial charge in [0.05, 0.1) is 16.0 Å². The Balaban J connectivity index is 2.27. The molecule has 21 heavy (non-hydrogen) atoms. The van der Waals surface area contributed by atoms with Crippen LogP contribution >= 0.6 is 11.6 Å². The summed E-state index contributed by atoms with van der Waals surface area (Å²) in [5.74, 6) is -0.803. The molecular weight excluding hydrogens is 295 g/mol. The zero-order chi connectivity index (χ0) is 15.4. The standard InChI is InChI=1S/C15H14ClFN2O2/c1-2-10-5-3-4-6-11(10)9-18-14-7-12(16)13(17)8-15(14)19(20)21/h3-8,18H,2,9H2,1H3. The fourth-order valence-electron chi connectivity index (χ4n) is 2.09. The number of nitro groups is 1. The molecule has 0 saturated heterocycles. The van der Waals surface area contributed by atoms with Crippen molar-refractivity contribution in [2.24, 2.45) is 0 Å². The molecule has 0 aliphatic rings. The monoisotopic (exact) mass is 308 g/mol. The predicted molar refractivity (Wildman–Crippen MR) is 81.2 cm³/mol. The van der Waals surface area contributed by atoms with E-state index in [0.717, 1.165) is 23.6 Å². The van der Waals surface area contributed by atoms with E-state index in [4.69, 9.17) is 11.6 Å². The molecule has 2 aromatic carbocycles. The van der Waals surface area contributed by atoms with Gasteiger partial charge in [-0.15, -0.1) is 0 Å². The van der Waals surface area contributed by atoms with Crippen LogP contribution in [0.15, 0.2) is 36.4 Å². The maximum Gasteiger partial charge on any atom is 0.295 e. The summed E-state index contributed by atoms with van der Waals surface area (Å²) in [6, 6.07) is 9.87. The highest BCUT2D eigenvalue weighted by Crippen LogP contribution is 2.30. The summed E-state index contributed by atoms with van der Waals surface area (Å²) in [4.78, 5) is 10.3. The van der Waals surface area contributed by atoms with Gasteiger partial charge in [0.2, 0.25) is 0 Å². The third-order valence-electron chi connectivity index (χ3n) is 3.20. The second-order valence-corrected chi connectivity index (χ2v) is 4.92. The summed E-state index contributed by atoms with van der Waals surface area (Å²) in [7, 11) is 0. The Bertz CT molecular complexity index is 677. The van der Waals surface area contributed by atoms with Crippen LogP contribution in [-0.4, -0.2) is 4.92 Å². The van der Waals surface area contributed by atoms with Gasteiger partial charge in [-0.05, 0) is 23.6 Å². The minimum atomic E-state index is -0.803. The van der Waals surface area contributed by atoms with Gasteiger partial charge in [0.15, 0.2) is 0 Å². The summed E-state index contributed by atoms with van der Waals surface area (Å²) in [5, 5.41) is 13.8. The number of hydrogen-bond donors (Lipinski definition) is 1. The van der Waals surface area contributed by atoms with E-state index in [1.807, 2.05) is 31.2 Å². The number of nitro benzene ring substituents is 1. The smallest absolute Gasteiger partial charge is 0.295 e. The van der Waals surface area contributed by atoms with Gasteiger partial charge in [0, 0.05) is 6.54 Å². The number of nitrogens with zero attached hydrogens (tertiary/aromatic N) is 1. The van der Waals surface area contributed by atoms with Gasteiger partial charge in [0.1, 0.15) is 11.5 Å². The van der Waals surface area contributed by atoms with Crippen molar-refractivity contribution < 1.29 is 9.31 Å². The Morgan fingerprint density at radius 2 is 1.95 bits per heavy atom. The number of anilines is 1. The Labute approximate surface area is 126 Å². The van der Waals surface area contributed by atoms with Gasteiger partial charge in [-0.25, -0.2) is 4.39 Å². The Morgan fingerprint density at radius 3 is 2.57 bits per heavy atom. The number of aryl methyl sites for hydroxylation is 1. The second kappa shape index (κ2) is 6.54. The molecule has 0 amide bonds. The van der Waals surface area contributed by atoms with Crippen LogP contribution in [0.25, 0.3) is 0 Å². The molecule has 110 valence electrons. The summed E-state index contributed by atoms with van der Waals surface area (Å²) in [5.41, 5.74) is 2.07. The maximum absolute atomic E-state index is 13.3. The molecule has 0 aromatic heterocycles. The van der Waals surface area contributed by atoms with Gasteiger partial charge in [-0.2, -0.15) is 0 Å². The Morgan fingerprint density at radius 1 is 1.29 bits per heavy atom. The maximum atomic E-state index is 13.3. The molecule has 2 aromatic rings. The zero-order valence-electron chi connectivity index (χ0n) is 11.4. The van der Waals surface area contributed by atoms with Gasteiger partial charge in [0.25, 0.3) is 5.69 Å². The predicted octanol–water partition coefficient (Wildman–Crippen LogP) is 4.56. The SMILES string of the molecule is CCc1ccccc1CNc1cc(Cl)c(F)cc1[N+](=O)[O-]. The lowest BCUT2D eigenvalue weighted by molar-refractivity contribution is -0.384. The third kappa shape index (κ3) is 3.49. The first kappa shape index (κ1) is 15.3. The van der Waals surface area contributed by atoms with Crippen LogP contribution in [-0.2, 0) is 13.0 Å². The first-order valence-corrected chi connectivity index (χ1v) is 6.84. The molecule has 1 N–H and O–H groups in total. The number of hydrogen-bond acceptors (Lipinski definition) is 3. The summed E-state index contributed by atoms with van der Waals surface area (Å²) >= 11 is 5.69. The van der Waals surface area contributed by atoms with E-state index >= 15 is 0 Å². The van der Waals surface area contributed by atoms with Crippen LogP contribution in [0.2, 0.25) is 5.02 Å². The van der Waals surface area contributed by atoms with E-state index in [1.54, 1.807) is 0 Å². The van der Waals surface area contributed by atoms with Crippen molar-refractivity contribution in [1.29, 1.82) is 0 Å². The quantitative estimate of drug-likeness (QED) is 0.650. The van der Waals surface area contributed by atoms with Crippen LogP contribution in [0.1, 0.15) is 18.1 Å². The molecule has 0 atom stereocenters. The molecule has 2 rings (SSSR count). The fraction of sp³-hybridized carbons (Fsp3) is 0.200. The molecule has 0 fully saturated rings. The van der Waals surface area contributed by atoms with Gasteiger partial charge >= 0.3 is 0 Å². The highest BCUT2D eigenvalue weighted by Gasteiger charge is 2.17. The molecule has 0 saturated carbocycles. The van der Waals surface area contributed by atoms with Crippen molar-refractivity contribution in [3.05, 3.63) is 68.5 Å². The molecular formula is C15H14ClFN2O2. The Hall–Kier alpha value is -2.14. The molecule has 6 heteroatoms. The van der Waals surface area contributed by atoms with Crippen LogP contribution in [0.4, 0.5) is 15.8 Å². The van der Waals surface area contributed by atoms with Gasteiger partial charge in [-0.3, -0.25) is 10.1 Å². The summed E-state index contributed by atoms with van der Waals surface area (Å²) in [6.07, 6.45) is 0.865. The van der Waals surface area contributed by atoms with Gasteiger partial charge < -0.3 is 5.32 Å². The number of halogens is 2. The number of benzene rings is 2. The first-order valence-electron chi connectivity index (χ1n) is 6.47. The molecule has 4 nitrogen and oxygen atoms in total. The zero-order valence-corrected chi connectivity index (χ0v) is 12.2. The third-order valence-corrected chi connectivity index (χ3v) is 3.49. The molecule has 0 unspecified atom stereocenters. The number of rotatable bonds is 5. The van der Waals surface area contributed by atoms with Crippen LogP contribution in [0.3, 0.4) is 0 Å². The Kier molecular flexibility index (Phi) is 4.75. The minimum Gasteiger partial charge on any atom is -0.375 e. The molecule has 0 radical (unpaired) electrons. The number of nitrogens with one attached hydrogen (secondary N) is 1. The van der Waals surface area contributed by atoms with E-state index in [2.05, 4.69) is 5.32 Å². The van der Waals surface area contributed by atoms with E-state index in [0.29, 0.717) is 6.54 Å². The van der Waals surface area contributed by atoms with Crippen LogP contribution in [0.5, 0.6) is 0 Å². The van der Waals surface area contributed by atoms with Crippen molar-refractivity contribution >= 4 is 23.0 Å². The lowest BCUT2D eigenvalue weighted by Crippen LogP contribution is -2.05. The van der Waals surface area contributed by atoms with Crippen molar-refractivity contribution in [3.8, 4) is 0 Å². The highest BCUT2D eigenvalue weighted by atomic mass is 35.5. The van der Waals surface area contributed by atoms with E-state index in [1.165, 1.54) is 6.07 Å². The van der Waals surface area contributed by atoms with Gasteiger partial charge in [-0.1, -0.05) is 42.8 Å². The normalized spacial score (nSPS) is 10.4. The average molecular weight is 309 g/mol. The van der Waals surface area contributed by atoms with E-state index in [-0.39, 0.29) is 16.4 Å². The van der Waals surface area contributed by atoms with Crippen molar-refractivity contribution in [2.45, 2.75) is 19.9 Å². The summed E-state index contributed by atoms with van der Waals surface area (Å²) in [6.45, 7) is 2.45. The average Bonchev–Trinajstić information content (AvgIpc) is 2.48. The fourth-order valence-corrected chi connectivity index (χ4v) is 2.26. The van der Waals surface area contributed by atoms with Crippen molar-refractivity contribution in [1.82, 2.24) is 0 Å². The largest absolute Gasteiger partial charge is 0.375 e. The van der Waals surface area contributed by atoms with Crippen molar-refractivity contribution in [2.75, 3.05) is 5.32 Å². The van der Waals surface area contributed by atoms with E-state index < -0.39 is 10.7 Å². The molecule has 0 aliphatic carbocycles. The molecule has 0 heterocycles. The van der Waals surface area contributed by atoms with Crippen molar-refractivity contribution in [3.63, 3.8) is 0 Å². The van der Waals surface area contributed by atoms with Crippen LogP contribution < -0.4 is 5.32 Å². The first-order chi connectivity index (χ1) is 10.0. The molecule has 0 bridgehead atoms.